The van der Waals surface area contributed by atoms with Crippen LogP contribution in [0.4, 0.5) is 0 Å². The van der Waals surface area contributed by atoms with Crippen molar-refractivity contribution in [1.29, 1.82) is 0 Å². The first-order valence-corrected chi connectivity index (χ1v) is 6.55. The minimum Gasteiger partial charge on any atom is -0.0956 e. The van der Waals surface area contributed by atoms with Crippen LogP contribution in [0.1, 0.15) is 60.3 Å². The maximum atomic E-state index is 4.18. The van der Waals surface area contributed by atoms with Gasteiger partial charge in [-0.2, -0.15) is 0 Å². The molecule has 1 atom stereocenters. The minimum absolute atomic E-state index is 0.773. The molecule has 0 aromatic heterocycles. The van der Waals surface area contributed by atoms with Gasteiger partial charge in [-0.15, -0.1) is 0 Å². The quantitative estimate of drug-likeness (QED) is 0.573. The van der Waals surface area contributed by atoms with Gasteiger partial charge in [0.25, 0.3) is 0 Å². The Kier molecular flexibility index (Phi) is 7.46. The highest BCUT2D eigenvalue weighted by molar-refractivity contribution is 5.32. The molecule has 0 N–H and O–H groups in total. The lowest BCUT2D eigenvalue weighted by Gasteiger charge is -2.30. The molecule has 0 amide bonds. The SMILES string of the molecule is C=C1CCCC(C(C)C)/C1=C/CC.CC. The van der Waals surface area contributed by atoms with Crippen molar-refractivity contribution in [2.24, 2.45) is 11.8 Å². The Hall–Kier alpha value is -0.520. The van der Waals surface area contributed by atoms with Gasteiger partial charge in [-0.1, -0.05) is 52.8 Å². The molecule has 0 heteroatoms. The lowest BCUT2D eigenvalue weighted by atomic mass is 9.75. The Morgan fingerprint density at radius 2 is 2.00 bits per heavy atom. The Morgan fingerprint density at radius 3 is 2.47 bits per heavy atom. The molecule has 0 heterocycles. The maximum Gasteiger partial charge on any atom is -0.0139 e. The van der Waals surface area contributed by atoms with E-state index in [-0.39, 0.29) is 0 Å². The highest BCUT2D eigenvalue weighted by Gasteiger charge is 2.23. The van der Waals surface area contributed by atoms with E-state index in [2.05, 4.69) is 33.4 Å². The number of rotatable bonds is 2. The molecule has 15 heavy (non-hydrogen) atoms. The smallest absolute Gasteiger partial charge is 0.0139 e. The summed E-state index contributed by atoms with van der Waals surface area (Å²) in [6.45, 7) is 15.0. The van der Waals surface area contributed by atoms with Gasteiger partial charge in [0.15, 0.2) is 0 Å². The molecular formula is C15H28. The van der Waals surface area contributed by atoms with Crippen LogP contribution in [0.2, 0.25) is 0 Å². The zero-order valence-electron chi connectivity index (χ0n) is 11.3. The average Bonchev–Trinajstić information content (AvgIpc) is 2.24. The van der Waals surface area contributed by atoms with Crippen molar-refractivity contribution in [1.82, 2.24) is 0 Å². The van der Waals surface area contributed by atoms with E-state index in [1.54, 1.807) is 5.57 Å². The van der Waals surface area contributed by atoms with E-state index in [1.807, 2.05) is 13.8 Å². The van der Waals surface area contributed by atoms with Gasteiger partial charge in [0, 0.05) is 0 Å². The summed E-state index contributed by atoms with van der Waals surface area (Å²) >= 11 is 0. The summed E-state index contributed by atoms with van der Waals surface area (Å²) in [7, 11) is 0. The summed E-state index contributed by atoms with van der Waals surface area (Å²) in [5.41, 5.74) is 2.95. The fourth-order valence-corrected chi connectivity index (χ4v) is 2.31. The number of hydrogen-bond donors (Lipinski definition) is 0. The molecular weight excluding hydrogens is 180 g/mol. The lowest BCUT2D eigenvalue weighted by molar-refractivity contribution is 0.385. The second-order valence-corrected chi connectivity index (χ2v) is 4.41. The van der Waals surface area contributed by atoms with Crippen molar-refractivity contribution in [3.05, 3.63) is 23.8 Å². The normalized spacial score (nSPS) is 24.0. The Balaban J connectivity index is 0.000000921. The molecule has 1 aliphatic carbocycles. The second kappa shape index (κ2) is 7.73. The predicted octanol–water partition coefficient (Wildman–Crippen LogP) is 5.36. The molecule has 0 radical (unpaired) electrons. The zero-order valence-corrected chi connectivity index (χ0v) is 11.3. The highest BCUT2D eigenvalue weighted by Crippen LogP contribution is 2.37. The lowest BCUT2D eigenvalue weighted by Crippen LogP contribution is -2.17. The minimum atomic E-state index is 0.773. The Bertz CT molecular complexity index is 208. The van der Waals surface area contributed by atoms with E-state index >= 15 is 0 Å². The Morgan fingerprint density at radius 1 is 1.40 bits per heavy atom. The zero-order chi connectivity index (χ0) is 11.8. The highest BCUT2D eigenvalue weighted by atomic mass is 14.3. The van der Waals surface area contributed by atoms with Crippen LogP contribution in [-0.4, -0.2) is 0 Å². The van der Waals surface area contributed by atoms with Crippen LogP contribution in [0.15, 0.2) is 23.8 Å². The predicted molar refractivity (Wildman–Crippen MR) is 71.0 cm³/mol. The van der Waals surface area contributed by atoms with Gasteiger partial charge in [-0.05, 0) is 43.1 Å². The fraction of sp³-hybridized carbons (Fsp3) is 0.733. The van der Waals surface area contributed by atoms with Gasteiger partial charge in [0.1, 0.15) is 0 Å². The van der Waals surface area contributed by atoms with Gasteiger partial charge in [-0.3, -0.25) is 0 Å². The van der Waals surface area contributed by atoms with E-state index < -0.39 is 0 Å². The summed E-state index contributed by atoms with van der Waals surface area (Å²) in [5, 5.41) is 0. The van der Waals surface area contributed by atoms with E-state index in [4.69, 9.17) is 0 Å². The molecule has 1 saturated carbocycles. The van der Waals surface area contributed by atoms with Crippen LogP contribution in [-0.2, 0) is 0 Å². The number of allylic oxidation sites excluding steroid dienone is 3. The summed E-state index contributed by atoms with van der Waals surface area (Å²) in [5.74, 6) is 1.55. The summed E-state index contributed by atoms with van der Waals surface area (Å²) in [6.07, 6.45) is 7.45. The second-order valence-electron chi connectivity index (χ2n) is 4.41. The largest absolute Gasteiger partial charge is 0.0956 e. The standard InChI is InChI=1S/C13H22.C2H6/c1-5-7-13-11(4)8-6-9-12(13)10(2)3;1-2/h7,10,12H,4-6,8-9H2,1-3H3;1-2H3/b13-7+;. The Labute approximate surface area is 96.5 Å². The molecule has 0 bridgehead atoms. The van der Waals surface area contributed by atoms with Crippen LogP contribution < -0.4 is 0 Å². The molecule has 1 fully saturated rings. The molecule has 1 rings (SSSR count). The molecule has 1 aliphatic rings. The average molecular weight is 208 g/mol. The van der Waals surface area contributed by atoms with Gasteiger partial charge in [-0.25, -0.2) is 0 Å². The van der Waals surface area contributed by atoms with Gasteiger partial charge >= 0.3 is 0 Å². The third-order valence-corrected chi connectivity index (χ3v) is 3.03. The van der Waals surface area contributed by atoms with Crippen molar-refractivity contribution >= 4 is 0 Å². The van der Waals surface area contributed by atoms with E-state index in [1.165, 1.54) is 24.8 Å². The molecule has 88 valence electrons. The molecule has 1 unspecified atom stereocenters. The molecule has 0 saturated heterocycles. The molecule has 0 spiro atoms. The summed E-state index contributed by atoms with van der Waals surface area (Å²) < 4.78 is 0. The van der Waals surface area contributed by atoms with E-state index in [0.29, 0.717) is 0 Å². The van der Waals surface area contributed by atoms with Crippen LogP contribution in [0.5, 0.6) is 0 Å². The van der Waals surface area contributed by atoms with E-state index in [9.17, 15) is 0 Å². The van der Waals surface area contributed by atoms with Crippen molar-refractivity contribution in [2.45, 2.75) is 60.3 Å². The van der Waals surface area contributed by atoms with Crippen molar-refractivity contribution in [3.63, 3.8) is 0 Å². The van der Waals surface area contributed by atoms with Crippen LogP contribution in [0, 0.1) is 11.8 Å². The van der Waals surface area contributed by atoms with Crippen molar-refractivity contribution in [2.75, 3.05) is 0 Å². The first kappa shape index (κ1) is 14.5. The monoisotopic (exact) mass is 208 g/mol. The molecule has 0 nitrogen and oxygen atoms in total. The van der Waals surface area contributed by atoms with Crippen molar-refractivity contribution in [3.8, 4) is 0 Å². The fourth-order valence-electron chi connectivity index (χ4n) is 2.31. The molecule has 0 aromatic rings. The van der Waals surface area contributed by atoms with Crippen LogP contribution in [0.25, 0.3) is 0 Å². The van der Waals surface area contributed by atoms with Crippen LogP contribution >= 0.6 is 0 Å². The summed E-state index contributed by atoms with van der Waals surface area (Å²) in [6, 6.07) is 0. The summed E-state index contributed by atoms with van der Waals surface area (Å²) in [4.78, 5) is 0. The van der Waals surface area contributed by atoms with Gasteiger partial charge < -0.3 is 0 Å². The van der Waals surface area contributed by atoms with Gasteiger partial charge in [0.05, 0.1) is 0 Å². The molecule has 0 aromatic carbocycles. The van der Waals surface area contributed by atoms with E-state index in [0.717, 1.165) is 18.3 Å². The maximum absolute atomic E-state index is 4.18. The van der Waals surface area contributed by atoms with Gasteiger partial charge in [0.2, 0.25) is 0 Å². The van der Waals surface area contributed by atoms with Crippen molar-refractivity contribution < 1.29 is 0 Å². The number of hydrogen-bond acceptors (Lipinski definition) is 0. The first-order valence-electron chi connectivity index (χ1n) is 6.55. The third-order valence-electron chi connectivity index (χ3n) is 3.03. The third kappa shape index (κ3) is 4.24. The topological polar surface area (TPSA) is 0 Å². The van der Waals surface area contributed by atoms with Crippen LogP contribution in [0.3, 0.4) is 0 Å². The first-order chi connectivity index (χ1) is 7.16. The molecule has 0 aliphatic heterocycles.